The van der Waals surface area contributed by atoms with Gasteiger partial charge in [-0.15, -0.1) is 0 Å². The molecule has 0 unspecified atom stereocenters. The van der Waals surface area contributed by atoms with E-state index in [1.807, 2.05) is 18.2 Å². The van der Waals surface area contributed by atoms with Gasteiger partial charge in [-0.2, -0.15) is 0 Å². The van der Waals surface area contributed by atoms with Crippen molar-refractivity contribution >= 4 is 53.3 Å². The van der Waals surface area contributed by atoms with Crippen molar-refractivity contribution in [2.45, 2.75) is 12.7 Å². The number of thioether (sulfide) groups is 1. The molecule has 0 spiro atoms. The fourth-order valence-corrected chi connectivity index (χ4v) is 4.05. The number of hydrogen-bond donors (Lipinski definition) is 0. The number of carbonyl (C=O) groups is 1. The SMILES string of the molecule is CC(=O)SCc1ccc(/C=C/c2ccc(/C=C/c3ccc(/C=C/c4ccccc4)cc3)cc2)cc1. The topological polar surface area (TPSA) is 17.1 Å². The second-order valence-corrected chi connectivity index (χ2v) is 9.42. The van der Waals surface area contributed by atoms with Crippen molar-refractivity contribution < 1.29 is 4.79 Å². The monoisotopic (exact) mass is 472 g/mol. The van der Waals surface area contributed by atoms with Gasteiger partial charge in [0.1, 0.15) is 0 Å². The lowest BCUT2D eigenvalue weighted by atomic mass is 10.1. The molecule has 0 saturated carbocycles. The largest absolute Gasteiger partial charge is 0.288 e. The minimum Gasteiger partial charge on any atom is -0.288 e. The Kier molecular flexibility index (Phi) is 8.69. The summed E-state index contributed by atoms with van der Waals surface area (Å²) >= 11 is 1.34. The number of benzene rings is 4. The number of carbonyl (C=O) groups excluding carboxylic acids is 1. The highest BCUT2D eigenvalue weighted by Crippen LogP contribution is 2.17. The van der Waals surface area contributed by atoms with Crippen LogP contribution in [0.25, 0.3) is 36.5 Å². The molecule has 0 heterocycles. The molecule has 35 heavy (non-hydrogen) atoms. The second kappa shape index (κ2) is 12.5. The van der Waals surface area contributed by atoms with E-state index in [4.69, 9.17) is 0 Å². The van der Waals surface area contributed by atoms with Gasteiger partial charge < -0.3 is 0 Å². The van der Waals surface area contributed by atoms with E-state index >= 15 is 0 Å². The van der Waals surface area contributed by atoms with Crippen LogP contribution in [0, 0.1) is 0 Å². The average Bonchev–Trinajstić information content (AvgIpc) is 2.91. The van der Waals surface area contributed by atoms with Gasteiger partial charge in [-0.1, -0.05) is 151 Å². The summed E-state index contributed by atoms with van der Waals surface area (Å²) in [5, 5.41) is 0.150. The van der Waals surface area contributed by atoms with E-state index in [2.05, 4.69) is 121 Å². The Morgan fingerprint density at radius 1 is 0.514 bits per heavy atom. The number of rotatable bonds is 8. The minimum absolute atomic E-state index is 0.150. The third-order valence-electron chi connectivity index (χ3n) is 5.50. The summed E-state index contributed by atoms with van der Waals surface area (Å²) in [5.74, 6) is 0.726. The van der Waals surface area contributed by atoms with Crippen LogP contribution in [0.5, 0.6) is 0 Å². The quantitative estimate of drug-likeness (QED) is 0.238. The minimum atomic E-state index is 0.150. The predicted octanol–water partition coefficient (Wildman–Crippen LogP) is 8.98. The molecule has 172 valence electrons. The second-order valence-electron chi connectivity index (χ2n) is 8.27. The van der Waals surface area contributed by atoms with Gasteiger partial charge in [-0.05, 0) is 38.9 Å². The molecule has 0 aliphatic heterocycles. The molecule has 1 nitrogen and oxygen atoms in total. The summed E-state index contributed by atoms with van der Waals surface area (Å²) in [4.78, 5) is 11.1. The standard InChI is InChI=1S/C33H28OS/c1-26(34)35-25-33-23-21-32(22-24-33)20-19-31-17-15-30(16-18-31)14-13-29-11-9-28(10-12-29)8-7-27-5-3-2-4-6-27/h2-24H,25H2,1H3/b8-7+,14-13+,20-19+. The molecule has 0 aliphatic carbocycles. The summed E-state index contributed by atoms with van der Waals surface area (Å²) in [6.45, 7) is 1.60. The molecule has 4 aromatic carbocycles. The maximum absolute atomic E-state index is 11.1. The molecule has 2 heteroatoms. The van der Waals surface area contributed by atoms with Gasteiger partial charge in [0.2, 0.25) is 0 Å². The molecule has 0 saturated heterocycles. The van der Waals surface area contributed by atoms with E-state index in [9.17, 15) is 4.79 Å². The van der Waals surface area contributed by atoms with Crippen LogP contribution in [0.2, 0.25) is 0 Å². The van der Waals surface area contributed by atoms with Gasteiger partial charge in [0, 0.05) is 12.7 Å². The lowest BCUT2D eigenvalue weighted by molar-refractivity contribution is -0.109. The van der Waals surface area contributed by atoms with Crippen molar-refractivity contribution in [2.24, 2.45) is 0 Å². The van der Waals surface area contributed by atoms with E-state index in [1.54, 1.807) is 6.92 Å². The lowest BCUT2D eigenvalue weighted by Crippen LogP contribution is -1.85. The first-order chi connectivity index (χ1) is 17.1. The Balaban J connectivity index is 1.31. The first kappa shape index (κ1) is 24.3. The van der Waals surface area contributed by atoms with Crippen molar-refractivity contribution in [1.29, 1.82) is 0 Å². The van der Waals surface area contributed by atoms with Gasteiger partial charge in [0.05, 0.1) is 0 Å². The Bertz CT molecular complexity index is 1310. The first-order valence-corrected chi connectivity index (χ1v) is 12.6. The maximum Gasteiger partial charge on any atom is 0.186 e. The van der Waals surface area contributed by atoms with E-state index in [0.717, 1.165) is 22.4 Å². The van der Waals surface area contributed by atoms with E-state index in [0.29, 0.717) is 0 Å². The lowest BCUT2D eigenvalue weighted by Gasteiger charge is -2.00. The summed E-state index contributed by atoms with van der Waals surface area (Å²) in [6, 6.07) is 35.8. The maximum atomic E-state index is 11.1. The molecule has 0 atom stereocenters. The molecular formula is C33H28OS. The van der Waals surface area contributed by atoms with Gasteiger partial charge >= 0.3 is 0 Å². The number of hydrogen-bond acceptors (Lipinski definition) is 2. The third-order valence-corrected chi connectivity index (χ3v) is 6.38. The predicted molar refractivity (Wildman–Crippen MR) is 155 cm³/mol. The molecule has 0 amide bonds. The Hall–Kier alpha value is -3.88. The van der Waals surface area contributed by atoms with Crippen LogP contribution in [0.3, 0.4) is 0 Å². The molecule has 0 fully saturated rings. The Morgan fingerprint density at radius 3 is 1.17 bits per heavy atom. The van der Waals surface area contributed by atoms with E-state index in [-0.39, 0.29) is 5.12 Å². The van der Waals surface area contributed by atoms with Crippen molar-refractivity contribution in [3.63, 3.8) is 0 Å². The zero-order valence-electron chi connectivity index (χ0n) is 19.8. The summed E-state index contributed by atoms with van der Waals surface area (Å²) in [6.07, 6.45) is 12.8. The molecule has 0 N–H and O–H groups in total. The molecular weight excluding hydrogens is 444 g/mol. The van der Waals surface area contributed by atoms with Crippen molar-refractivity contribution in [3.05, 3.63) is 142 Å². The van der Waals surface area contributed by atoms with Crippen LogP contribution in [0.4, 0.5) is 0 Å². The summed E-state index contributed by atoms with van der Waals surface area (Å²) in [7, 11) is 0. The van der Waals surface area contributed by atoms with Crippen LogP contribution >= 0.6 is 11.8 Å². The highest BCUT2D eigenvalue weighted by atomic mass is 32.2. The zero-order valence-corrected chi connectivity index (χ0v) is 20.6. The highest BCUT2D eigenvalue weighted by Gasteiger charge is 1.97. The molecule has 4 aromatic rings. The van der Waals surface area contributed by atoms with Gasteiger partial charge in [0.15, 0.2) is 5.12 Å². The average molecular weight is 473 g/mol. The van der Waals surface area contributed by atoms with Crippen LogP contribution in [-0.2, 0) is 10.5 Å². The normalized spacial score (nSPS) is 11.6. The molecule has 0 aliphatic rings. The molecule has 0 bridgehead atoms. The molecule has 0 aromatic heterocycles. The van der Waals surface area contributed by atoms with Crippen molar-refractivity contribution in [1.82, 2.24) is 0 Å². The van der Waals surface area contributed by atoms with Crippen molar-refractivity contribution in [2.75, 3.05) is 0 Å². The van der Waals surface area contributed by atoms with Crippen LogP contribution in [0.1, 0.15) is 45.9 Å². The first-order valence-electron chi connectivity index (χ1n) is 11.7. The Labute approximate surface area is 212 Å². The van der Waals surface area contributed by atoms with E-state index in [1.165, 1.54) is 34.0 Å². The van der Waals surface area contributed by atoms with Gasteiger partial charge in [-0.25, -0.2) is 0 Å². The highest BCUT2D eigenvalue weighted by molar-refractivity contribution is 8.12. The fourth-order valence-electron chi connectivity index (χ4n) is 3.49. The van der Waals surface area contributed by atoms with Gasteiger partial charge in [0.25, 0.3) is 0 Å². The van der Waals surface area contributed by atoms with Crippen LogP contribution < -0.4 is 0 Å². The third kappa shape index (κ3) is 8.13. The molecule has 4 rings (SSSR count). The van der Waals surface area contributed by atoms with Crippen LogP contribution in [-0.4, -0.2) is 5.12 Å². The summed E-state index contributed by atoms with van der Waals surface area (Å²) < 4.78 is 0. The summed E-state index contributed by atoms with van der Waals surface area (Å²) in [5.41, 5.74) is 8.20. The smallest absolute Gasteiger partial charge is 0.186 e. The zero-order chi connectivity index (χ0) is 24.3. The van der Waals surface area contributed by atoms with Gasteiger partial charge in [-0.3, -0.25) is 4.79 Å². The van der Waals surface area contributed by atoms with E-state index < -0.39 is 0 Å². The van der Waals surface area contributed by atoms with Crippen molar-refractivity contribution in [3.8, 4) is 0 Å². The Morgan fingerprint density at radius 2 is 0.829 bits per heavy atom. The van der Waals surface area contributed by atoms with Crippen LogP contribution in [0.15, 0.2) is 103 Å². The molecule has 0 radical (unpaired) electrons. The fraction of sp³-hybridized carbons (Fsp3) is 0.0606.